The summed E-state index contributed by atoms with van der Waals surface area (Å²) < 4.78 is 1.81. The number of hydrogen-bond donors (Lipinski definition) is 1. The monoisotopic (exact) mass is 241 g/mol. The molecular weight excluding hydrogens is 226 g/mol. The number of aromatic nitrogens is 2. The van der Waals surface area contributed by atoms with Crippen LogP contribution in [0.3, 0.4) is 0 Å². The fourth-order valence-corrected chi connectivity index (χ4v) is 1.70. The highest BCUT2D eigenvalue weighted by molar-refractivity contribution is 5.50. The van der Waals surface area contributed by atoms with E-state index in [0.29, 0.717) is 11.4 Å². The van der Waals surface area contributed by atoms with E-state index in [1.165, 1.54) is 0 Å². The van der Waals surface area contributed by atoms with Crippen molar-refractivity contribution in [3.8, 4) is 6.07 Å². The maximum atomic E-state index is 8.86. The van der Waals surface area contributed by atoms with Gasteiger partial charge >= 0.3 is 0 Å². The minimum atomic E-state index is 0.532. The van der Waals surface area contributed by atoms with E-state index in [-0.39, 0.29) is 0 Å². The van der Waals surface area contributed by atoms with Gasteiger partial charge in [0.25, 0.3) is 0 Å². The zero-order valence-corrected chi connectivity index (χ0v) is 10.2. The summed E-state index contributed by atoms with van der Waals surface area (Å²) in [7, 11) is 1.99. The molecule has 2 aromatic rings. The molecule has 0 bridgehead atoms. The summed E-state index contributed by atoms with van der Waals surface area (Å²) in [5.41, 5.74) is 7.24. The first-order chi connectivity index (χ1) is 8.69. The van der Waals surface area contributed by atoms with Crippen LogP contribution < -0.4 is 10.6 Å². The van der Waals surface area contributed by atoms with Gasteiger partial charge in [-0.1, -0.05) is 6.07 Å². The Labute approximate surface area is 106 Å². The van der Waals surface area contributed by atoms with Crippen LogP contribution >= 0.6 is 0 Å². The van der Waals surface area contributed by atoms with Gasteiger partial charge in [-0.15, -0.1) is 0 Å². The van der Waals surface area contributed by atoms with Gasteiger partial charge in [-0.25, -0.2) is 0 Å². The van der Waals surface area contributed by atoms with Gasteiger partial charge in [-0.05, 0) is 24.3 Å². The van der Waals surface area contributed by atoms with E-state index in [9.17, 15) is 0 Å². The molecule has 92 valence electrons. The number of hydrogen-bond acceptors (Lipinski definition) is 4. The molecule has 2 rings (SSSR count). The van der Waals surface area contributed by atoms with E-state index >= 15 is 0 Å². The first kappa shape index (κ1) is 12.0. The highest BCUT2D eigenvalue weighted by atomic mass is 15.3. The average molecular weight is 241 g/mol. The number of nitrogens with two attached hydrogens (primary N) is 1. The number of likely N-dealkylation sites (N-methyl/N-ethyl adjacent to an activating group) is 1. The summed E-state index contributed by atoms with van der Waals surface area (Å²) in [6.45, 7) is 1.56. The van der Waals surface area contributed by atoms with Gasteiger partial charge in [-0.2, -0.15) is 10.4 Å². The Morgan fingerprint density at radius 2 is 2.28 bits per heavy atom. The average Bonchev–Trinajstić information content (AvgIpc) is 2.82. The van der Waals surface area contributed by atoms with Crippen molar-refractivity contribution in [1.29, 1.82) is 5.26 Å². The molecule has 0 unspecified atom stereocenters. The molecule has 1 aromatic carbocycles. The Kier molecular flexibility index (Phi) is 3.49. The van der Waals surface area contributed by atoms with Gasteiger partial charge in [0.1, 0.15) is 5.82 Å². The van der Waals surface area contributed by atoms with E-state index in [0.717, 1.165) is 18.8 Å². The van der Waals surface area contributed by atoms with Crippen molar-refractivity contribution in [1.82, 2.24) is 9.78 Å². The molecule has 0 aliphatic heterocycles. The first-order valence-corrected chi connectivity index (χ1v) is 5.69. The van der Waals surface area contributed by atoms with Crippen molar-refractivity contribution in [2.75, 3.05) is 24.2 Å². The fourth-order valence-electron chi connectivity index (χ4n) is 1.70. The van der Waals surface area contributed by atoms with Crippen LogP contribution in [0.1, 0.15) is 5.56 Å². The zero-order chi connectivity index (χ0) is 13.0. The lowest BCUT2D eigenvalue weighted by Gasteiger charge is -2.19. The molecule has 0 amide bonds. The van der Waals surface area contributed by atoms with E-state index < -0.39 is 0 Å². The van der Waals surface area contributed by atoms with Crippen molar-refractivity contribution < 1.29 is 0 Å². The standard InChI is InChI=1S/C13H15N5/c1-17(7-8-18-6-5-13(15)16-18)12-4-2-3-11(9-12)10-14/h2-6,9H,7-8H2,1H3,(H2,15,16). The second-order valence-electron chi connectivity index (χ2n) is 4.09. The van der Waals surface area contributed by atoms with Gasteiger partial charge in [-0.3, -0.25) is 4.68 Å². The molecule has 2 N–H and O–H groups in total. The number of anilines is 2. The molecule has 0 aliphatic rings. The van der Waals surface area contributed by atoms with Crippen LogP contribution in [0.25, 0.3) is 0 Å². The number of nitrogen functional groups attached to an aromatic ring is 1. The molecule has 0 aliphatic carbocycles. The molecule has 0 fully saturated rings. The molecular formula is C13H15N5. The maximum Gasteiger partial charge on any atom is 0.145 e. The Morgan fingerprint density at radius 3 is 2.94 bits per heavy atom. The SMILES string of the molecule is CN(CCn1ccc(N)n1)c1cccc(C#N)c1. The molecule has 5 nitrogen and oxygen atoms in total. The van der Waals surface area contributed by atoms with Crippen LogP contribution in [0.2, 0.25) is 0 Å². The predicted molar refractivity (Wildman–Crippen MR) is 71.1 cm³/mol. The summed E-state index contributed by atoms with van der Waals surface area (Å²) in [6.07, 6.45) is 1.86. The van der Waals surface area contributed by atoms with Crippen molar-refractivity contribution in [2.24, 2.45) is 0 Å². The molecule has 0 radical (unpaired) electrons. The topological polar surface area (TPSA) is 70.9 Å². The highest BCUT2D eigenvalue weighted by Crippen LogP contribution is 2.14. The number of benzene rings is 1. The third kappa shape index (κ3) is 2.80. The van der Waals surface area contributed by atoms with Gasteiger partial charge in [0, 0.05) is 25.5 Å². The van der Waals surface area contributed by atoms with Crippen LogP contribution in [0, 0.1) is 11.3 Å². The van der Waals surface area contributed by atoms with Crippen LogP contribution in [0.5, 0.6) is 0 Å². The number of rotatable bonds is 4. The lowest BCUT2D eigenvalue weighted by molar-refractivity contribution is 0.614. The minimum Gasteiger partial charge on any atom is -0.382 e. The van der Waals surface area contributed by atoms with Crippen LogP contribution in [0.15, 0.2) is 36.5 Å². The Hall–Kier alpha value is -2.48. The van der Waals surface area contributed by atoms with Gasteiger partial charge < -0.3 is 10.6 Å². The molecule has 0 saturated heterocycles. The van der Waals surface area contributed by atoms with Crippen molar-refractivity contribution in [3.05, 3.63) is 42.1 Å². The molecule has 0 spiro atoms. The summed E-state index contributed by atoms with van der Waals surface area (Å²) in [5, 5.41) is 13.0. The van der Waals surface area contributed by atoms with E-state index in [2.05, 4.69) is 16.1 Å². The smallest absolute Gasteiger partial charge is 0.145 e. The maximum absolute atomic E-state index is 8.86. The largest absolute Gasteiger partial charge is 0.382 e. The molecule has 0 atom stereocenters. The van der Waals surface area contributed by atoms with Crippen molar-refractivity contribution >= 4 is 11.5 Å². The second kappa shape index (κ2) is 5.23. The lowest BCUT2D eigenvalue weighted by atomic mass is 10.2. The fraction of sp³-hybridized carbons (Fsp3) is 0.231. The van der Waals surface area contributed by atoms with E-state index in [1.54, 1.807) is 16.8 Å². The Balaban J connectivity index is 1.99. The van der Waals surface area contributed by atoms with E-state index in [1.807, 2.05) is 31.4 Å². The molecule has 5 heteroatoms. The summed E-state index contributed by atoms with van der Waals surface area (Å²) in [4.78, 5) is 2.08. The van der Waals surface area contributed by atoms with Crippen molar-refractivity contribution in [2.45, 2.75) is 6.54 Å². The van der Waals surface area contributed by atoms with Crippen LogP contribution in [-0.2, 0) is 6.54 Å². The summed E-state index contributed by atoms with van der Waals surface area (Å²) >= 11 is 0. The van der Waals surface area contributed by atoms with E-state index in [4.69, 9.17) is 11.0 Å². The summed E-state index contributed by atoms with van der Waals surface area (Å²) in [6, 6.07) is 11.5. The molecule has 1 heterocycles. The quantitative estimate of drug-likeness (QED) is 0.880. The third-order valence-electron chi connectivity index (χ3n) is 2.74. The predicted octanol–water partition coefficient (Wildman–Crippen LogP) is 1.47. The number of nitrogens with zero attached hydrogens (tertiary/aromatic N) is 4. The second-order valence-corrected chi connectivity index (χ2v) is 4.09. The van der Waals surface area contributed by atoms with Gasteiger partial charge in [0.05, 0.1) is 18.2 Å². The molecule has 1 aromatic heterocycles. The minimum absolute atomic E-state index is 0.532. The lowest BCUT2D eigenvalue weighted by Crippen LogP contribution is -2.22. The van der Waals surface area contributed by atoms with Crippen LogP contribution in [0.4, 0.5) is 11.5 Å². The van der Waals surface area contributed by atoms with Crippen LogP contribution in [-0.4, -0.2) is 23.4 Å². The first-order valence-electron chi connectivity index (χ1n) is 5.69. The zero-order valence-electron chi connectivity index (χ0n) is 10.2. The number of nitriles is 1. The molecule has 18 heavy (non-hydrogen) atoms. The third-order valence-corrected chi connectivity index (χ3v) is 2.74. The van der Waals surface area contributed by atoms with Gasteiger partial charge in [0.15, 0.2) is 0 Å². The van der Waals surface area contributed by atoms with Crippen molar-refractivity contribution in [3.63, 3.8) is 0 Å². The van der Waals surface area contributed by atoms with Gasteiger partial charge in [0.2, 0.25) is 0 Å². The summed E-state index contributed by atoms with van der Waals surface area (Å²) in [5.74, 6) is 0.532. The Morgan fingerprint density at radius 1 is 1.44 bits per heavy atom. The molecule has 0 saturated carbocycles. The normalized spacial score (nSPS) is 10.0. The highest BCUT2D eigenvalue weighted by Gasteiger charge is 2.02. The Bertz CT molecular complexity index is 567.